The SMILES string of the molecule is COc1cc(/C=C/C(=O)Oc2cc3c(cc2C(=O)N(c2ccccn2)S(=O)(=O)c2ccc(N)cc2)OCO3)ccc1O. The molecule has 214 valence electrons. The number of nitrogens with two attached hydrogens (primary N) is 1. The summed E-state index contributed by atoms with van der Waals surface area (Å²) >= 11 is 0. The smallest absolute Gasteiger partial charge is 0.336 e. The van der Waals surface area contributed by atoms with E-state index in [0.717, 1.165) is 6.08 Å². The second-order valence-corrected chi connectivity index (χ2v) is 10.5. The summed E-state index contributed by atoms with van der Waals surface area (Å²) in [5, 5.41) is 9.78. The molecule has 1 aliphatic rings. The molecule has 0 saturated heterocycles. The minimum atomic E-state index is -4.53. The normalized spacial score (nSPS) is 12.2. The number of esters is 1. The number of carbonyl (C=O) groups is 2. The van der Waals surface area contributed by atoms with Crippen LogP contribution in [0.25, 0.3) is 6.08 Å². The van der Waals surface area contributed by atoms with Crippen LogP contribution in [0.3, 0.4) is 0 Å². The summed E-state index contributed by atoms with van der Waals surface area (Å²) in [7, 11) is -3.14. The highest BCUT2D eigenvalue weighted by Crippen LogP contribution is 2.40. The molecule has 0 atom stereocenters. The first-order valence-corrected chi connectivity index (χ1v) is 13.7. The summed E-state index contributed by atoms with van der Waals surface area (Å²) in [5.74, 6) is -1.98. The third kappa shape index (κ3) is 5.67. The first-order chi connectivity index (χ1) is 20.2. The number of phenols is 1. The number of anilines is 2. The summed E-state index contributed by atoms with van der Waals surface area (Å²) in [5.41, 5.74) is 6.26. The highest BCUT2D eigenvalue weighted by Gasteiger charge is 2.36. The van der Waals surface area contributed by atoms with Crippen molar-refractivity contribution in [2.24, 2.45) is 0 Å². The molecule has 0 aliphatic carbocycles. The number of phenolic OH excluding ortho intramolecular Hbond substituents is 1. The van der Waals surface area contributed by atoms with E-state index in [1.807, 2.05) is 0 Å². The monoisotopic (exact) mass is 589 g/mol. The Hall–Kier alpha value is -5.56. The van der Waals surface area contributed by atoms with Crippen molar-refractivity contribution in [3.05, 3.63) is 96.2 Å². The molecule has 4 aromatic rings. The number of aromatic hydroxyl groups is 1. The van der Waals surface area contributed by atoms with E-state index < -0.39 is 21.9 Å². The van der Waals surface area contributed by atoms with Crippen LogP contribution in [-0.2, 0) is 14.8 Å². The number of pyridine rings is 1. The molecule has 0 radical (unpaired) electrons. The molecule has 1 amide bonds. The van der Waals surface area contributed by atoms with Gasteiger partial charge in [0, 0.05) is 30.1 Å². The van der Waals surface area contributed by atoms with Crippen LogP contribution >= 0.6 is 0 Å². The summed E-state index contributed by atoms with van der Waals surface area (Å²) < 4.78 is 49.4. The first kappa shape index (κ1) is 28.0. The van der Waals surface area contributed by atoms with Crippen molar-refractivity contribution in [3.8, 4) is 28.7 Å². The van der Waals surface area contributed by atoms with Crippen LogP contribution in [0, 0.1) is 0 Å². The van der Waals surface area contributed by atoms with Gasteiger partial charge in [-0.3, -0.25) is 4.79 Å². The van der Waals surface area contributed by atoms with E-state index in [1.54, 1.807) is 12.1 Å². The third-order valence-electron chi connectivity index (χ3n) is 5.99. The number of hydrogen-bond donors (Lipinski definition) is 2. The van der Waals surface area contributed by atoms with Crippen molar-refractivity contribution < 1.29 is 42.1 Å². The van der Waals surface area contributed by atoms with Gasteiger partial charge in [0.1, 0.15) is 5.75 Å². The lowest BCUT2D eigenvalue weighted by molar-refractivity contribution is -0.128. The number of nitrogens with zero attached hydrogens (tertiary/aromatic N) is 2. The topological polar surface area (TPSA) is 168 Å². The summed E-state index contributed by atoms with van der Waals surface area (Å²) in [6, 6.07) is 16.7. The molecule has 13 heteroatoms. The fraction of sp³-hybridized carbons (Fsp3) is 0.0690. The van der Waals surface area contributed by atoms with Crippen molar-refractivity contribution in [1.82, 2.24) is 4.98 Å². The van der Waals surface area contributed by atoms with Crippen LogP contribution in [0.2, 0.25) is 0 Å². The zero-order valence-corrected chi connectivity index (χ0v) is 22.8. The van der Waals surface area contributed by atoms with Gasteiger partial charge in [-0.1, -0.05) is 12.1 Å². The van der Waals surface area contributed by atoms with Gasteiger partial charge in [0.15, 0.2) is 28.8 Å². The highest BCUT2D eigenvalue weighted by atomic mass is 32.2. The number of methoxy groups -OCH3 is 1. The molecular formula is C29H23N3O9S. The summed E-state index contributed by atoms with van der Waals surface area (Å²) in [4.78, 5) is 30.8. The van der Waals surface area contributed by atoms with Gasteiger partial charge in [-0.2, -0.15) is 4.31 Å². The number of ether oxygens (including phenoxy) is 4. The number of rotatable bonds is 8. The van der Waals surface area contributed by atoms with Gasteiger partial charge in [-0.25, -0.2) is 18.2 Å². The van der Waals surface area contributed by atoms with E-state index >= 15 is 0 Å². The molecule has 0 unspecified atom stereocenters. The van der Waals surface area contributed by atoms with Crippen molar-refractivity contribution >= 4 is 39.5 Å². The Morgan fingerprint density at radius 3 is 2.43 bits per heavy atom. The summed E-state index contributed by atoms with van der Waals surface area (Å²) in [6.07, 6.45) is 3.83. The zero-order chi connectivity index (χ0) is 29.9. The predicted octanol–water partition coefficient (Wildman–Crippen LogP) is 3.76. The molecular weight excluding hydrogens is 566 g/mol. The lowest BCUT2D eigenvalue weighted by Crippen LogP contribution is -2.38. The first-order valence-electron chi connectivity index (χ1n) is 12.2. The van der Waals surface area contributed by atoms with Crippen LogP contribution in [0.5, 0.6) is 28.7 Å². The number of sulfonamides is 1. The molecule has 42 heavy (non-hydrogen) atoms. The Morgan fingerprint density at radius 2 is 1.74 bits per heavy atom. The third-order valence-corrected chi connectivity index (χ3v) is 7.69. The largest absolute Gasteiger partial charge is 0.504 e. The minimum absolute atomic E-state index is 0.0767. The van der Waals surface area contributed by atoms with Gasteiger partial charge in [-0.05, 0) is 60.2 Å². The van der Waals surface area contributed by atoms with Crippen LogP contribution in [0.4, 0.5) is 11.5 Å². The molecule has 0 fully saturated rings. The molecule has 1 aromatic heterocycles. The highest BCUT2D eigenvalue weighted by molar-refractivity contribution is 7.93. The number of benzene rings is 3. The quantitative estimate of drug-likeness (QED) is 0.133. The number of carbonyl (C=O) groups excluding carboxylic acids is 2. The van der Waals surface area contributed by atoms with Gasteiger partial charge >= 0.3 is 5.97 Å². The molecule has 0 spiro atoms. The summed E-state index contributed by atoms with van der Waals surface area (Å²) in [6.45, 7) is -0.156. The van der Waals surface area contributed by atoms with E-state index in [-0.39, 0.29) is 51.8 Å². The zero-order valence-electron chi connectivity index (χ0n) is 22.0. The van der Waals surface area contributed by atoms with E-state index in [0.29, 0.717) is 15.6 Å². The molecule has 2 heterocycles. The minimum Gasteiger partial charge on any atom is -0.504 e. The number of amides is 1. The molecule has 5 rings (SSSR count). The molecule has 1 aliphatic heterocycles. The molecule has 3 aromatic carbocycles. The van der Waals surface area contributed by atoms with E-state index in [1.165, 1.54) is 80.0 Å². The second-order valence-electron chi connectivity index (χ2n) is 8.72. The van der Waals surface area contributed by atoms with Crippen molar-refractivity contribution in [2.75, 3.05) is 23.9 Å². The Kier molecular flexibility index (Phi) is 7.67. The lowest BCUT2D eigenvalue weighted by Gasteiger charge is -2.22. The molecule has 3 N–H and O–H groups in total. The van der Waals surface area contributed by atoms with Crippen molar-refractivity contribution in [2.45, 2.75) is 4.90 Å². The maximum atomic E-state index is 14.1. The Morgan fingerprint density at radius 1 is 1.00 bits per heavy atom. The standard InChI is InChI=1S/C29H23N3O9S/c1-38-24-14-18(5-11-22(24)33)6-12-28(34)41-23-16-26-25(39-17-40-26)15-21(23)29(35)32(27-4-2-3-13-31-27)42(36,37)20-9-7-19(30)8-10-20/h2-16,33H,17,30H2,1H3/b12-6+. The Labute approximate surface area is 240 Å². The number of hydrogen-bond acceptors (Lipinski definition) is 11. The van der Waals surface area contributed by atoms with Crippen LogP contribution < -0.4 is 29.0 Å². The van der Waals surface area contributed by atoms with Crippen molar-refractivity contribution in [3.63, 3.8) is 0 Å². The fourth-order valence-electron chi connectivity index (χ4n) is 3.94. The molecule has 0 saturated carbocycles. The lowest BCUT2D eigenvalue weighted by atomic mass is 10.1. The van der Waals surface area contributed by atoms with Gasteiger partial charge in [0.05, 0.1) is 17.6 Å². The van der Waals surface area contributed by atoms with E-state index in [9.17, 15) is 23.1 Å². The second kappa shape index (κ2) is 11.5. The van der Waals surface area contributed by atoms with Gasteiger partial charge in [0.25, 0.3) is 15.9 Å². The number of nitrogen functional groups attached to an aromatic ring is 1. The fourth-order valence-corrected chi connectivity index (χ4v) is 5.31. The number of aromatic nitrogens is 1. The predicted molar refractivity (Wildman–Crippen MR) is 151 cm³/mol. The maximum absolute atomic E-state index is 14.1. The van der Waals surface area contributed by atoms with Crippen LogP contribution in [0.15, 0.2) is 90.0 Å². The van der Waals surface area contributed by atoms with Gasteiger partial charge < -0.3 is 29.8 Å². The van der Waals surface area contributed by atoms with Crippen LogP contribution in [0.1, 0.15) is 15.9 Å². The average Bonchev–Trinajstić information content (AvgIpc) is 3.44. The van der Waals surface area contributed by atoms with E-state index in [4.69, 9.17) is 24.7 Å². The van der Waals surface area contributed by atoms with Gasteiger partial charge in [-0.15, -0.1) is 0 Å². The van der Waals surface area contributed by atoms with Crippen LogP contribution in [-0.4, -0.2) is 44.3 Å². The maximum Gasteiger partial charge on any atom is 0.336 e. The molecule has 0 bridgehead atoms. The van der Waals surface area contributed by atoms with Gasteiger partial charge in [0.2, 0.25) is 6.79 Å². The Bertz CT molecular complexity index is 1790. The van der Waals surface area contributed by atoms with E-state index in [2.05, 4.69) is 4.98 Å². The number of fused-ring (bicyclic) bond motifs is 1. The molecule has 12 nitrogen and oxygen atoms in total. The average molecular weight is 590 g/mol. The Balaban J connectivity index is 1.54. The van der Waals surface area contributed by atoms with Crippen molar-refractivity contribution in [1.29, 1.82) is 0 Å².